The molecule has 3 amide bonds. The summed E-state index contributed by atoms with van der Waals surface area (Å²) in [5.41, 5.74) is 2.49. The van der Waals surface area contributed by atoms with E-state index in [0.29, 0.717) is 22.6 Å². The normalized spacial score (nSPS) is 11.8. The number of benzene rings is 2. The Labute approximate surface area is 172 Å². The Morgan fingerprint density at radius 1 is 1.14 bits per heavy atom. The van der Waals surface area contributed by atoms with Crippen molar-refractivity contribution in [3.63, 3.8) is 0 Å². The van der Waals surface area contributed by atoms with E-state index in [9.17, 15) is 14.4 Å². The predicted molar refractivity (Wildman–Crippen MR) is 114 cm³/mol. The van der Waals surface area contributed by atoms with Gasteiger partial charge in [-0.1, -0.05) is 53.7 Å². The first-order valence-corrected chi connectivity index (χ1v) is 10.0. The molecule has 1 aromatic heterocycles. The number of rotatable bonds is 5. The molecule has 0 aliphatic carbocycles. The van der Waals surface area contributed by atoms with Gasteiger partial charge in [-0.3, -0.25) is 19.5 Å². The third-order valence-electron chi connectivity index (χ3n) is 4.40. The lowest BCUT2D eigenvalue weighted by Gasteiger charge is -2.16. The second-order valence-electron chi connectivity index (χ2n) is 6.62. The van der Waals surface area contributed by atoms with Crippen LogP contribution in [-0.2, 0) is 11.3 Å². The van der Waals surface area contributed by atoms with Crippen LogP contribution in [-0.4, -0.2) is 33.8 Å². The van der Waals surface area contributed by atoms with Crippen LogP contribution in [0.4, 0.5) is 4.79 Å². The van der Waals surface area contributed by atoms with E-state index in [2.05, 4.69) is 15.6 Å². The molecule has 3 aromatic rings. The van der Waals surface area contributed by atoms with Crippen molar-refractivity contribution >= 4 is 34.6 Å². The summed E-state index contributed by atoms with van der Waals surface area (Å²) in [6, 6.07) is 14.5. The maximum absolute atomic E-state index is 13.1. The van der Waals surface area contributed by atoms with E-state index < -0.39 is 17.2 Å². The molecule has 0 aliphatic rings. The zero-order chi connectivity index (χ0) is 21.0. The van der Waals surface area contributed by atoms with Gasteiger partial charge in [0.15, 0.2) is 5.16 Å². The molecule has 0 unspecified atom stereocenters. The third kappa shape index (κ3) is 4.83. The van der Waals surface area contributed by atoms with Crippen LogP contribution < -0.4 is 16.2 Å². The molecule has 0 radical (unpaired) electrons. The maximum Gasteiger partial charge on any atom is 0.321 e. The zero-order valence-corrected chi connectivity index (χ0v) is 17.2. The topological polar surface area (TPSA) is 93.1 Å². The lowest BCUT2D eigenvalue weighted by Crippen LogP contribution is -2.41. The standard InChI is InChI=1S/C21H22N4O3S/c1-13-8-10-15(11-9-13)12-25-19(27)16-6-4-5-7-17(16)23-21(25)29-14(2)18(26)24-20(28)22-3/h4-11,14H,12H2,1-3H3,(H2,22,24,26,28)/t14-/m0/s1. The number of imide groups is 1. The molecule has 29 heavy (non-hydrogen) atoms. The van der Waals surface area contributed by atoms with E-state index in [4.69, 9.17) is 0 Å². The minimum absolute atomic E-state index is 0.169. The van der Waals surface area contributed by atoms with Crippen LogP contribution in [0.15, 0.2) is 58.5 Å². The summed E-state index contributed by atoms with van der Waals surface area (Å²) in [5, 5.41) is 4.92. The van der Waals surface area contributed by atoms with Crippen molar-refractivity contribution in [2.75, 3.05) is 7.05 Å². The molecule has 1 atom stereocenters. The quantitative estimate of drug-likeness (QED) is 0.498. The van der Waals surface area contributed by atoms with Crippen molar-refractivity contribution in [1.29, 1.82) is 0 Å². The molecular formula is C21H22N4O3S. The van der Waals surface area contributed by atoms with Gasteiger partial charge >= 0.3 is 6.03 Å². The van der Waals surface area contributed by atoms with Gasteiger partial charge in [-0.05, 0) is 31.5 Å². The first kappa shape index (κ1) is 20.6. The van der Waals surface area contributed by atoms with Gasteiger partial charge in [0.1, 0.15) is 0 Å². The summed E-state index contributed by atoms with van der Waals surface area (Å²) in [5.74, 6) is -0.460. The maximum atomic E-state index is 13.1. The van der Waals surface area contributed by atoms with E-state index in [1.807, 2.05) is 37.3 Å². The second kappa shape index (κ2) is 8.91. The summed E-state index contributed by atoms with van der Waals surface area (Å²) in [7, 11) is 1.44. The van der Waals surface area contributed by atoms with Gasteiger partial charge in [-0.25, -0.2) is 9.78 Å². The van der Waals surface area contributed by atoms with Crippen LogP contribution in [0.5, 0.6) is 0 Å². The number of hydrogen-bond acceptors (Lipinski definition) is 5. The van der Waals surface area contributed by atoms with Crippen molar-refractivity contribution in [3.05, 3.63) is 70.0 Å². The van der Waals surface area contributed by atoms with Crippen molar-refractivity contribution in [2.24, 2.45) is 0 Å². The first-order chi connectivity index (χ1) is 13.9. The number of fused-ring (bicyclic) bond motifs is 1. The van der Waals surface area contributed by atoms with Gasteiger partial charge in [0.05, 0.1) is 22.7 Å². The Morgan fingerprint density at radius 3 is 2.52 bits per heavy atom. The molecule has 150 valence electrons. The zero-order valence-electron chi connectivity index (χ0n) is 16.4. The number of aromatic nitrogens is 2. The number of urea groups is 1. The van der Waals surface area contributed by atoms with Crippen LogP contribution in [0, 0.1) is 6.92 Å². The van der Waals surface area contributed by atoms with E-state index in [0.717, 1.165) is 22.9 Å². The molecule has 0 spiro atoms. The number of nitrogens with zero attached hydrogens (tertiary/aromatic N) is 2. The van der Waals surface area contributed by atoms with Gasteiger partial charge < -0.3 is 5.32 Å². The number of aryl methyl sites for hydroxylation is 1. The molecule has 1 heterocycles. The molecule has 7 nitrogen and oxygen atoms in total. The molecule has 0 aliphatic heterocycles. The average molecular weight is 410 g/mol. The number of nitrogens with one attached hydrogen (secondary N) is 2. The minimum Gasteiger partial charge on any atom is -0.341 e. The molecule has 2 N–H and O–H groups in total. The predicted octanol–water partition coefficient (Wildman–Crippen LogP) is 2.69. The Kier molecular flexibility index (Phi) is 6.33. The largest absolute Gasteiger partial charge is 0.341 e. The highest BCUT2D eigenvalue weighted by atomic mass is 32.2. The number of para-hydroxylation sites is 1. The fourth-order valence-corrected chi connectivity index (χ4v) is 3.65. The van der Waals surface area contributed by atoms with Gasteiger partial charge in [-0.2, -0.15) is 0 Å². The van der Waals surface area contributed by atoms with E-state index >= 15 is 0 Å². The molecule has 8 heteroatoms. The Hall–Kier alpha value is -3.13. The van der Waals surface area contributed by atoms with Crippen LogP contribution in [0.1, 0.15) is 18.1 Å². The van der Waals surface area contributed by atoms with E-state index in [-0.39, 0.29) is 5.56 Å². The highest BCUT2D eigenvalue weighted by molar-refractivity contribution is 8.00. The van der Waals surface area contributed by atoms with Crippen LogP contribution >= 0.6 is 11.8 Å². The third-order valence-corrected chi connectivity index (χ3v) is 5.49. The monoisotopic (exact) mass is 410 g/mol. The highest BCUT2D eigenvalue weighted by Crippen LogP contribution is 2.23. The van der Waals surface area contributed by atoms with Gasteiger partial charge in [0.25, 0.3) is 5.56 Å². The van der Waals surface area contributed by atoms with Gasteiger partial charge in [0, 0.05) is 7.05 Å². The smallest absolute Gasteiger partial charge is 0.321 e. The molecular weight excluding hydrogens is 388 g/mol. The first-order valence-electron chi connectivity index (χ1n) is 9.13. The Balaban J connectivity index is 1.99. The second-order valence-corrected chi connectivity index (χ2v) is 7.92. The Bertz CT molecular complexity index is 1110. The summed E-state index contributed by atoms with van der Waals surface area (Å²) in [6.07, 6.45) is 0. The fourth-order valence-electron chi connectivity index (χ4n) is 2.74. The molecule has 0 saturated carbocycles. The Morgan fingerprint density at radius 2 is 1.83 bits per heavy atom. The molecule has 0 saturated heterocycles. The lowest BCUT2D eigenvalue weighted by molar-refractivity contribution is -0.119. The minimum atomic E-state index is -0.621. The van der Waals surface area contributed by atoms with Crippen LogP contribution in [0.2, 0.25) is 0 Å². The van der Waals surface area contributed by atoms with Crippen molar-refractivity contribution in [2.45, 2.75) is 30.8 Å². The average Bonchev–Trinajstić information content (AvgIpc) is 2.72. The fraction of sp³-hybridized carbons (Fsp3) is 0.238. The SMILES string of the molecule is CNC(=O)NC(=O)[C@H](C)Sc1nc2ccccc2c(=O)n1Cc1ccc(C)cc1. The van der Waals surface area contributed by atoms with Crippen molar-refractivity contribution in [1.82, 2.24) is 20.2 Å². The number of amides is 3. The number of carbonyl (C=O) groups is 2. The van der Waals surface area contributed by atoms with E-state index in [1.54, 1.807) is 29.7 Å². The molecule has 0 fully saturated rings. The van der Waals surface area contributed by atoms with Gasteiger partial charge in [-0.15, -0.1) is 0 Å². The number of carbonyl (C=O) groups excluding carboxylic acids is 2. The summed E-state index contributed by atoms with van der Waals surface area (Å²) in [6.45, 7) is 4.01. The summed E-state index contributed by atoms with van der Waals surface area (Å²) in [4.78, 5) is 41.4. The molecule has 2 aromatic carbocycles. The molecule has 3 rings (SSSR count). The van der Waals surface area contributed by atoms with Crippen molar-refractivity contribution in [3.8, 4) is 0 Å². The van der Waals surface area contributed by atoms with Crippen LogP contribution in [0.3, 0.4) is 0 Å². The van der Waals surface area contributed by atoms with Crippen LogP contribution in [0.25, 0.3) is 10.9 Å². The molecule has 0 bridgehead atoms. The number of hydrogen-bond donors (Lipinski definition) is 2. The number of thioether (sulfide) groups is 1. The summed E-state index contributed by atoms with van der Waals surface area (Å²) >= 11 is 1.14. The van der Waals surface area contributed by atoms with Gasteiger partial charge in [0.2, 0.25) is 5.91 Å². The highest BCUT2D eigenvalue weighted by Gasteiger charge is 2.21. The van der Waals surface area contributed by atoms with Crippen molar-refractivity contribution < 1.29 is 9.59 Å². The lowest BCUT2D eigenvalue weighted by atomic mass is 10.1. The van der Waals surface area contributed by atoms with E-state index in [1.165, 1.54) is 7.05 Å². The summed E-state index contributed by atoms with van der Waals surface area (Å²) < 4.78 is 1.57.